The molecule has 0 aliphatic heterocycles. The molecule has 0 radical (unpaired) electrons. The summed E-state index contributed by atoms with van der Waals surface area (Å²) in [5.74, 6) is -1.62. The van der Waals surface area contributed by atoms with Gasteiger partial charge in [-0.25, -0.2) is 14.8 Å². The normalized spacial score (nSPS) is 11.1. The van der Waals surface area contributed by atoms with E-state index in [0.717, 1.165) is 12.1 Å². The summed E-state index contributed by atoms with van der Waals surface area (Å²) in [5, 5.41) is 5.49. The first kappa shape index (κ1) is 24.3. The van der Waals surface area contributed by atoms with Crippen LogP contribution < -0.4 is 10.6 Å². The summed E-state index contributed by atoms with van der Waals surface area (Å²) in [5.41, 5.74) is -0.446. The van der Waals surface area contributed by atoms with E-state index >= 15 is 0 Å². The van der Waals surface area contributed by atoms with Crippen LogP contribution in [0.1, 0.15) is 21.6 Å². The fourth-order valence-electron chi connectivity index (χ4n) is 2.60. The molecule has 0 fully saturated rings. The Morgan fingerprint density at radius 1 is 1.06 bits per heavy atom. The van der Waals surface area contributed by atoms with E-state index < -0.39 is 30.2 Å². The van der Waals surface area contributed by atoms with E-state index in [1.807, 2.05) is 0 Å². The highest BCUT2D eigenvalue weighted by Crippen LogP contribution is 2.31. The number of aromatic nitrogens is 2. The number of ether oxygens (including phenoxy) is 1. The molecular weight excluding hydrogens is 484 g/mol. The largest absolute Gasteiger partial charge is 0.452 e. The van der Waals surface area contributed by atoms with E-state index in [9.17, 15) is 22.8 Å². The van der Waals surface area contributed by atoms with Crippen molar-refractivity contribution >= 4 is 52.4 Å². The summed E-state index contributed by atoms with van der Waals surface area (Å²) in [6.45, 7) is 0.950. The van der Waals surface area contributed by atoms with Gasteiger partial charge in [0.15, 0.2) is 12.4 Å². The van der Waals surface area contributed by atoms with Gasteiger partial charge < -0.3 is 15.4 Å². The van der Waals surface area contributed by atoms with Crippen molar-refractivity contribution < 1.29 is 27.5 Å². The lowest BCUT2D eigenvalue weighted by molar-refractivity contribution is -0.137. The molecule has 0 atom stereocenters. The number of carbonyl (C=O) groups excluding carboxylic acids is 2. The van der Waals surface area contributed by atoms with Gasteiger partial charge in [0.2, 0.25) is 0 Å². The number of alkyl halides is 3. The van der Waals surface area contributed by atoms with Crippen molar-refractivity contribution in [3.63, 3.8) is 0 Å². The first-order chi connectivity index (χ1) is 15.5. The third-order valence-electron chi connectivity index (χ3n) is 4.18. The topological polar surface area (TPSA) is 93.2 Å². The zero-order chi connectivity index (χ0) is 24.2. The molecule has 12 heteroatoms. The lowest BCUT2D eigenvalue weighted by Crippen LogP contribution is -2.22. The third-order valence-corrected chi connectivity index (χ3v) is 4.85. The van der Waals surface area contributed by atoms with E-state index in [0.29, 0.717) is 10.7 Å². The molecule has 33 heavy (non-hydrogen) atoms. The third kappa shape index (κ3) is 6.33. The van der Waals surface area contributed by atoms with E-state index in [1.165, 1.54) is 36.5 Å². The fraction of sp³-hybridized carbons (Fsp3) is 0.143. The summed E-state index contributed by atoms with van der Waals surface area (Å²) in [7, 11) is 0. The highest BCUT2D eigenvalue weighted by molar-refractivity contribution is 6.36. The Kier molecular flexibility index (Phi) is 7.39. The Labute approximate surface area is 195 Å². The lowest BCUT2D eigenvalue weighted by atomic mass is 10.2. The van der Waals surface area contributed by atoms with Crippen molar-refractivity contribution in [3.8, 4) is 0 Å². The number of hydrogen-bond acceptors (Lipinski definition) is 6. The van der Waals surface area contributed by atoms with Crippen LogP contribution in [0.25, 0.3) is 0 Å². The molecule has 0 spiro atoms. The molecule has 1 amide bonds. The molecule has 3 aromatic rings. The number of aryl methyl sites for hydroxylation is 1. The highest BCUT2D eigenvalue weighted by atomic mass is 35.5. The van der Waals surface area contributed by atoms with Crippen molar-refractivity contribution in [1.29, 1.82) is 0 Å². The number of amides is 1. The van der Waals surface area contributed by atoms with Crippen molar-refractivity contribution in [2.24, 2.45) is 0 Å². The average molecular weight is 499 g/mol. The standard InChI is InChI=1S/C21H15Cl2F3N4O3/c1-11-15(22)9-16(23)19(28-11)30-17(31)10-33-20(32)14-6-3-7-27-18(14)29-13-5-2-4-12(8-13)21(24,25)26/h2-9H,10H2,1H3,(H,27,29)(H,28,30,31). The van der Waals surface area contributed by atoms with Gasteiger partial charge in [-0.15, -0.1) is 0 Å². The average Bonchev–Trinajstić information content (AvgIpc) is 2.76. The van der Waals surface area contributed by atoms with Crippen LogP contribution in [0.5, 0.6) is 0 Å². The molecule has 2 N–H and O–H groups in total. The molecule has 3 rings (SSSR count). The molecule has 0 saturated heterocycles. The second-order valence-electron chi connectivity index (χ2n) is 6.61. The number of benzene rings is 1. The molecule has 2 heterocycles. The molecule has 172 valence electrons. The predicted molar refractivity (Wildman–Crippen MR) is 117 cm³/mol. The zero-order valence-electron chi connectivity index (χ0n) is 16.8. The smallest absolute Gasteiger partial charge is 0.416 e. The predicted octanol–water partition coefficient (Wildman–Crippen LogP) is 5.65. The Balaban J connectivity index is 1.68. The minimum Gasteiger partial charge on any atom is -0.452 e. The molecular formula is C21H15Cl2F3N4O3. The Morgan fingerprint density at radius 3 is 2.55 bits per heavy atom. The molecule has 0 unspecified atom stereocenters. The number of pyridine rings is 2. The van der Waals surface area contributed by atoms with E-state index in [-0.39, 0.29) is 27.9 Å². The number of nitrogens with zero attached hydrogens (tertiary/aromatic N) is 2. The van der Waals surface area contributed by atoms with Gasteiger partial charge in [-0.1, -0.05) is 29.3 Å². The first-order valence-electron chi connectivity index (χ1n) is 9.23. The second kappa shape index (κ2) is 10.1. The number of anilines is 3. The highest BCUT2D eigenvalue weighted by Gasteiger charge is 2.30. The summed E-state index contributed by atoms with van der Waals surface area (Å²) in [4.78, 5) is 32.7. The van der Waals surface area contributed by atoms with Gasteiger partial charge in [-0.3, -0.25) is 4.79 Å². The Morgan fingerprint density at radius 2 is 1.82 bits per heavy atom. The van der Waals surface area contributed by atoms with Gasteiger partial charge in [0, 0.05) is 11.9 Å². The van der Waals surface area contributed by atoms with E-state index in [2.05, 4.69) is 20.6 Å². The number of rotatable bonds is 6. The Hall–Kier alpha value is -3.37. The molecule has 0 aliphatic rings. The van der Waals surface area contributed by atoms with Crippen LogP contribution in [0.2, 0.25) is 10.0 Å². The summed E-state index contributed by atoms with van der Waals surface area (Å²) < 4.78 is 43.8. The van der Waals surface area contributed by atoms with Gasteiger partial charge >= 0.3 is 12.1 Å². The van der Waals surface area contributed by atoms with E-state index in [1.54, 1.807) is 6.92 Å². The van der Waals surface area contributed by atoms with Crippen molar-refractivity contribution in [3.05, 3.63) is 75.5 Å². The quantitative estimate of drug-likeness (QED) is 0.426. The van der Waals surface area contributed by atoms with E-state index in [4.69, 9.17) is 27.9 Å². The molecule has 1 aromatic carbocycles. The zero-order valence-corrected chi connectivity index (χ0v) is 18.3. The SMILES string of the molecule is Cc1nc(NC(=O)COC(=O)c2cccnc2Nc2cccc(C(F)(F)F)c2)c(Cl)cc1Cl. The molecule has 0 bridgehead atoms. The lowest BCUT2D eigenvalue weighted by Gasteiger charge is -2.13. The number of esters is 1. The monoisotopic (exact) mass is 498 g/mol. The minimum absolute atomic E-state index is 0.0414. The summed E-state index contributed by atoms with van der Waals surface area (Å²) in [6, 6.07) is 8.60. The van der Waals surface area contributed by atoms with Crippen molar-refractivity contribution in [1.82, 2.24) is 9.97 Å². The van der Waals surface area contributed by atoms with Gasteiger partial charge in [-0.2, -0.15) is 13.2 Å². The maximum absolute atomic E-state index is 12.9. The van der Waals surface area contributed by atoms with Gasteiger partial charge in [-0.05, 0) is 43.3 Å². The Bertz CT molecular complexity index is 1210. The number of hydrogen-bond donors (Lipinski definition) is 2. The minimum atomic E-state index is -4.53. The summed E-state index contributed by atoms with van der Waals surface area (Å²) in [6.07, 6.45) is -3.19. The number of carbonyl (C=O) groups is 2. The fourth-order valence-corrected chi connectivity index (χ4v) is 3.01. The van der Waals surface area contributed by atoms with Crippen LogP contribution in [0.15, 0.2) is 48.7 Å². The van der Waals surface area contributed by atoms with Crippen molar-refractivity contribution in [2.75, 3.05) is 17.2 Å². The molecule has 0 saturated carbocycles. The first-order valence-corrected chi connectivity index (χ1v) is 9.99. The van der Waals surface area contributed by atoms with Crippen LogP contribution >= 0.6 is 23.2 Å². The van der Waals surface area contributed by atoms with Crippen LogP contribution in [0.3, 0.4) is 0 Å². The molecule has 0 aliphatic carbocycles. The second-order valence-corrected chi connectivity index (χ2v) is 7.43. The maximum atomic E-state index is 12.9. The van der Waals surface area contributed by atoms with Gasteiger partial charge in [0.25, 0.3) is 5.91 Å². The number of nitrogens with one attached hydrogen (secondary N) is 2. The van der Waals surface area contributed by atoms with Gasteiger partial charge in [0.1, 0.15) is 11.4 Å². The van der Waals surface area contributed by atoms with Crippen LogP contribution in [-0.2, 0) is 15.7 Å². The van der Waals surface area contributed by atoms with Crippen molar-refractivity contribution in [2.45, 2.75) is 13.1 Å². The summed E-state index contributed by atoms with van der Waals surface area (Å²) >= 11 is 11.9. The van der Waals surface area contributed by atoms with Gasteiger partial charge in [0.05, 0.1) is 21.3 Å². The number of halogens is 5. The molecule has 7 nitrogen and oxygen atoms in total. The van der Waals surface area contributed by atoms with Crippen LogP contribution in [0.4, 0.5) is 30.5 Å². The maximum Gasteiger partial charge on any atom is 0.416 e. The molecule has 2 aromatic heterocycles. The van der Waals surface area contributed by atoms with Crippen LogP contribution in [0, 0.1) is 6.92 Å². The van der Waals surface area contributed by atoms with Crippen LogP contribution in [-0.4, -0.2) is 28.5 Å².